The van der Waals surface area contributed by atoms with Crippen LogP contribution in [0.3, 0.4) is 0 Å². The first kappa shape index (κ1) is 19.1. The van der Waals surface area contributed by atoms with Gasteiger partial charge in [0.25, 0.3) is 0 Å². The minimum atomic E-state index is -2.51. The number of aromatic nitrogens is 2. The number of para-hydroxylation sites is 2. The van der Waals surface area contributed by atoms with Gasteiger partial charge in [-0.25, -0.2) is 4.98 Å². The second-order valence-corrected chi connectivity index (χ2v) is 10.0. The van der Waals surface area contributed by atoms with Crippen LogP contribution in [0.25, 0.3) is 11.0 Å². The number of nitrogens with zero attached hydrogens (tertiary/aromatic N) is 1. The van der Waals surface area contributed by atoms with Gasteiger partial charge in [-0.15, -0.1) is 0 Å². The Morgan fingerprint density at radius 2 is 1.58 bits per heavy atom. The van der Waals surface area contributed by atoms with Crippen molar-refractivity contribution in [2.75, 3.05) is 21.3 Å². The standard InChI is InChI=1S/C19H24N2O3SSi/c1-22-26(23-2,24-3)13-12-15-8-10-16(11-9-15)14-25-19-20-17-6-4-5-7-18(17)21-19/h4-11H,12-14H2,1-3H3,(H,20,21). The Morgan fingerprint density at radius 3 is 2.23 bits per heavy atom. The average molecular weight is 389 g/mol. The normalized spacial score (nSPS) is 12.0. The maximum absolute atomic E-state index is 5.47. The number of fused-ring (bicyclic) bond motifs is 1. The molecule has 7 heteroatoms. The third-order valence-corrected chi connectivity index (χ3v) is 8.09. The molecule has 3 rings (SSSR count). The number of benzene rings is 2. The summed E-state index contributed by atoms with van der Waals surface area (Å²) < 4.78 is 16.4. The number of aryl methyl sites for hydroxylation is 1. The van der Waals surface area contributed by atoms with Crippen molar-refractivity contribution in [2.45, 2.75) is 23.4 Å². The number of aromatic amines is 1. The summed E-state index contributed by atoms with van der Waals surface area (Å²) in [4.78, 5) is 7.95. The second-order valence-electron chi connectivity index (χ2n) is 5.96. The smallest absolute Gasteiger partial charge is 0.377 e. The van der Waals surface area contributed by atoms with E-state index in [9.17, 15) is 0 Å². The van der Waals surface area contributed by atoms with E-state index in [0.29, 0.717) is 0 Å². The van der Waals surface area contributed by atoms with Gasteiger partial charge in [-0.05, 0) is 29.7 Å². The summed E-state index contributed by atoms with van der Waals surface area (Å²) in [5, 5.41) is 0.950. The van der Waals surface area contributed by atoms with Gasteiger partial charge in [0, 0.05) is 33.1 Å². The highest BCUT2D eigenvalue weighted by Crippen LogP contribution is 2.24. The molecule has 0 radical (unpaired) electrons. The molecule has 0 amide bonds. The number of nitrogens with one attached hydrogen (secondary N) is 1. The predicted molar refractivity (Wildman–Crippen MR) is 107 cm³/mol. The Labute approximate surface area is 159 Å². The molecule has 26 heavy (non-hydrogen) atoms. The Morgan fingerprint density at radius 1 is 0.923 bits per heavy atom. The molecule has 1 heterocycles. The van der Waals surface area contributed by atoms with Crippen LogP contribution in [0.4, 0.5) is 0 Å². The lowest BCUT2D eigenvalue weighted by Gasteiger charge is -2.24. The third kappa shape index (κ3) is 4.55. The van der Waals surface area contributed by atoms with Crippen molar-refractivity contribution >= 4 is 31.6 Å². The fourth-order valence-electron chi connectivity index (χ4n) is 2.81. The molecule has 0 saturated carbocycles. The fourth-order valence-corrected chi connectivity index (χ4v) is 5.35. The van der Waals surface area contributed by atoms with Crippen molar-refractivity contribution in [3.8, 4) is 0 Å². The quantitative estimate of drug-likeness (QED) is 0.438. The molecule has 0 saturated heterocycles. The molecule has 0 aliphatic heterocycles. The Balaban J connectivity index is 1.55. The van der Waals surface area contributed by atoms with E-state index in [2.05, 4.69) is 34.2 Å². The minimum Gasteiger partial charge on any atom is -0.377 e. The van der Waals surface area contributed by atoms with Gasteiger partial charge in [-0.3, -0.25) is 0 Å². The zero-order valence-corrected chi connectivity index (χ0v) is 17.1. The van der Waals surface area contributed by atoms with Crippen LogP contribution in [0.15, 0.2) is 53.7 Å². The van der Waals surface area contributed by atoms with Crippen molar-refractivity contribution in [1.82, 2.24) is 9.97 Å². The molecule has 2 aromatic carbocycles. The van der Waals surface area contributed by atoms with E-state index in [1.165, 1.54) is 11.1 Å². The van der Waals surface area contributed by atoms with Gasteiger partial charge in [-0.1, -0.05) is 48.2 Å². The van der Waals surface area contributed by atoms with E-state index < -0.39 is 8.80 Å². The lowest BCUT2D eigenvalue weighted by atomic mass is 10.1. The van der Waals surface area contributed by atoms with Crippen molar-refractivity contribution in [3.05, 3.63) is 59.7 Å². The third-order valence-electron chi connectivity index (χ3n) is 4.42. The van der Waals surface area contributed by atoms with E-state index in [1.807, 2.05) is 24.3 Å². The second kappa shape index (κ2) is 8.83. The number of hydrogen-bond acceptors (Lipinski definition) is 5. The molecular weight excluding hydrogens is 364 g/mol. The van der Waals surface area contributed by atoms with Crippen molar-refractivity contribution in [1.29, 1.82) is 0 Å². The van der Waals surface area contributed by atoms with Crippen molar-refractivity contribution < 1.29 is 13.3 Å². The van der Waals surface area contributed by atoms with Crippen LogP contribution in [0, 0.1) is 0 Å². The molecule has 0 bridgehead atoms. The number of rotatable bonds is 9. The van der Waals surface area contributed by atoms with Crippen LogP contribution in [-0.4, -0.2) is 40.1 Å². The summed E-state index contributed by atoms with van der Waals surface area (Å²) in [5.41, 5.74) is 4.61. The van der Waals surface area contributed by atoms with Crippen molar-refractivity contribution in [3.63, 3.8) is 0 Å². The van der Waals surface area contributed by atoms with Gasteiger partial charge in [0.05, 0.1) is 11.0 Å². The summed E-state index contributed by atoms with van der Waals surface area (Å²) in [6.07, 6.45) is 0.874. The molecular formula is C19H24N2O3SSi. The molecule has 0 unspecified atom stereocenters. The van der Waals surface area contributed by atoms with Crippen LogP contribution >= 0.6 is 11.8 Å². The number of hydrogen-bond donors (Lipinski definition) is 1. The van der Waals surface area contributed by atoms with E-state index in [-0.39, 0.29) is 0 Å². The highest BCUT2D eigenvalue weighted by atomic mass is 32.2. The summed E-state index contributed by atoms with van der Waals surface area (Å²) in [6.45, 7) is 0. The molecule has 1 aromatic heterocycles. The van der Waals surface area contributed by atoms with Gasteiger partial charge in [-0.2, -0.15) is 0 Å². The largest absolute Gasteiger partial charge is 0.500 e. The number of H-pyrrole nitrogens is 1. The first-order valence-electron chi connectivity index (χ1n) is 8.49. The topological polar surface area (TPSA) is 56.4 Å². The maximum atomic E-state index is 5.47. The van der Waals surface area contributed by atoms with E-state index in [4.69, 9.17) is 13.3 Å². The molecule has 0 aliphatic rings. The highest BCUT2D eigenvalue weighted by molar-refractivity contribution is 7.98. The fraction of sp³-hybridized carbons (Fsp3) is 0.316. The molecule has 0 spiro atoms. The van der Waals surface area contributed by atoms with E-state index >= 15 is 0 Å². The lowest BCUT2D eigenvalue weighted by molar-refractivity contribution is 0.123. The average Bonchev–Trinajstić information content (AvgIpc) is 3.12. The Bertz CT molecular complexity index is 793. The molecule has 3 aromatic rings. The minimum absolute atomic E-state index is 0.767. The monoisotopic (exact) mass is 388 g/mol. The maximum Gasteiger partial charge on any atom is 0.500 e. The predicted octanol–water partition coefficient (Wildman–Crippen LogP) is 4.28. The van der Waals surface area contributed by atoms with Crippen LogP contribution in [0.2, 0.25) is 6.04 Å². The highest BCUT2D eigenvalue weighted by Gasteiger charge is 2.37. The van der Waals surface area contributed by atoms with E-state index in [0.717, 1.165) is 34.4 Å². The van der Waals surface area contributed by atoms with Gasteiger partial charge in [0.1, 0.15) is 0 Å². The zero-order valence-electron chi connectivity index (χ0n) is 15.3. The Kier molecular flexibility index (Phi) is 6.50. The molecule has 0 fully saturated rings. The number of thioether (sulfide) groups is 1. The molecule has 1 N–H and O–H groups in total. The first-order valence-corrected chi connectivity index (χ1v) is 11.4. The summed E-state index contributed by atoms with van der Waals surface area (Å²) in [7, 11) is 2.45. The first-order chi connectivity index (χ1) is 12.7. The zero-order chi connectivity index (χ0) is 18.4. The number of imidazole rings is 1. The van der Waals surface area contributed by atoms with Crippen LogP contribution in [0.5, 0.6) is 0 Å². The molecule has 138 valence electrons. The van der Waals surface area contributed by atoms with Gasteiger partial charge in [0.2, 0.25) is 0 Å². The van der Waals surface area contributed by atoms with Crippen LogP contribution in [-0.2, 0) is 25.5 Å². The van der Waals surface area contributed by atoms with E-state index in [1.54, 1.807) is 33.1 Å². The SMILES string of the molecule is CO[Si](CCc1ccc(CSc2nc3ccccc3[nH]2)cc1)(OC)OC. The molecule has 0 atom stereocenters. The molecule has 0 aliphatic carbocycles. The Hall–Kier alpha value is -1.64. The van der Waals surface area contributed by atoms with Gasteiger partial charge < -0.3 is 18.3 Å². The van der Waals surface area contributed by atoms with Crippen molar-refractivity contribution in [2.24, 2.45) is 0 Å². The lowest BCUT2D eigenvalue weighted by Crippen LogP contribution is -2.43. The summed E-state index contributed by atoms with van der Waals surface area (Å²) in [5.74, 6) is 0.882. The van der Waals surface area contributed by atoms with Gasteiger partial charge >= 0.3 is 8.80 Å². The van der Waals surface area contributed by atoms with Gasteiger partial charge in [0.15, 0.2) is 5.16 Å². The van der Waals surface area contributed by atoms with Crippen LogP contribution in [0.1, 0.15) is 11.1 Å². The molecule has 5 nitrogen and oxygen atoms in total. The summed E-state index contributed by atoms with van der Waals surface area (Å²) >= 11 is 1.71. The summed E-state index contributed by atoms with van der Waals surface area (Å²) in [6, 6.07) is 17.5. The van der Waals surface area contributed by atoms with Crippen LogP contribution < -0.4 is 0 Å².